The number of nitrogens with one attached hydrogen (secondary N) is 2. The van der Waals surface area contributed by atoms with E-state index in [4.69, 9.17) is 5.26 Å². The van der Waals surface area contributed by atoms with Crippen molar-refractivity contribution in [1.82, 2.24) is 5.32 Å². The Kier molecular flexibility index (Phi) is 4.68. The van der Waals surface area contributed by atoms with E-state index in [0.29, 0.717) is 5.56 Å². The summed E-state index contributed by atoms with van der Waals surface area (Å²) in [6.07, 6.45) is 0. The maximum Gasteiger partial charge on any atom is 0.251 e. The van der Waals surface area contributed by atoms with Crippen LogP contribution in [-0.4, -0.2) is 26.0 Å². The predicted molar refractivity (Wildman–Crippen MR) is 65.5 cm³/mol. The van der Waals surface area contributed by atoms with E-state index in [-0.39, 0.29) is 11.9 Å². The second kappa shape index (κ2) is 6.02. The summed E-state index contributed by atoms with van der Waals surface area (Å²) in [4.78, 5) is 12.5. The van der Waals surface area contributed by atoms with Crippen LogP contribution in [0.5, 0.6) is 0 Å². The summed E-state index contributed by atoms with van der Waals surface area (Å²) in [5.41, 5.74) is 1.78. The van der Waals surface area contributed by atoms with Gasteiger partial charge in [0.25, 0.3) is 5.91 Å². The van der Waals surface area contributed by atoms with E-state index < -0.39 is 0 Å². The number of hydrogen-bond donors (Lipinski definition) is 2. The van der Waals surface area contributed by atoms with Crippen molar-refractivity contribution in [2.45, 2.75) is 19.5 Å². The summed E-state index contributed by atoms with van der Waals surface area (Å²) in [6, 6.07) is 9.65. The molecule has 1 amide bonds. The molecule has 0 saturated carbocycles. The van der Waals surface area contributed by atoms with Gasteiger partial charge in [0.1, 0.15) is 12.6 Å². The second-order valence-corrected chi connectivity index (χ2v) is 4.15. The molecular weight excluding hydrogens is 214 g/mol. The van der Waals surface area contributed by atoms with Gasteiger partial charge < -0.3 is 10.2 Å². The number of carbonyl (C=O) groups excluding carboxylic acids is 1. The summed E-state index contributed by atoms with van der Waals surface area (Å²) in [7, 11) is 3.60. The van der Waals surface area contributed by atoms with E-state index in [0.717, 1.165) is 17.0 Å². The zero-order valence-electron chi connectivity index (χ0n) is 10.4. The summed E-state index contributed by atoms with van der Waals surface area (Å²) >= 11 is 0. The second-order valence-electron chi connectivity index (χ2n) is 4.15. The SMILES string of the molecule is CNC(=O)c1ccc(C[NH+](C)[C@H](C)C#N)cc1. The van der Waals surface area contributed by atoms with Gasteiger partial charge in [0.2, 0.25) is 0 Å². The molecule has 4 heteroatoms. The fourth-order valence-electron chi connectivity index (χ4n) is 1.50. The van der Waals surface area contributed by atoms with Crippen molar-refractivity contribution in [2.24, 2.45) is 0 Å². The first-order valence-corrected chi connectivity index (χ1v) is 5.61. The number of rotatable bonds is 4. The van der Waals surface area contributed by atoms with Crippen molar-refractivity contribution < 1.29 is 9.69 Å². The summed E-state index contributed by atoms with van der Waals surface area (Å²) in [5.74, 6) is -0.0809. The number of carbonyl (C=O) groups is 1. The van der Waals surface area contributed by atoms with Crippen molar-refractivity contribution in [2.75, 3.05) is 14.1 Å². The average molecular weight is 232 g/mol. The van der Waals surface area contributed by atoms with Gasteiger partial charge in [-0.15, -0.1) is 0 Å². The number of nitrogens with zero attached hydrogens (tertiary/aromatic N) is 1. The molecule has 1 aromatic carbocycles. The number of quaternary nitrogens is 1. The van der Waals surface area contributed by atoms with Crippen LogP contribution in [0.2, 0.25) is 0 Å². The third-order valence-corrected chi connectivity index (χ3v) is 2.86. The maximum atomic E-state index is 11.3. The number of nitriles is 1. The minimum atomic E-state index is -0.0809. The van der Waals surface area contributed by atoms with Gasteiger partial charge in [-0.25, -0.2) is 0 Å². The minimum Gasteiger partial charge on any atom is -0.355 e. The molecule has 0 aliphatic heterocycles. The van der Waals surface area contributed by atoms with Crippen LogP contribution in [0.25, 0.3) is 0 Å². The van der Waals surface area contributed by atoms with Gasteiger partial charge in [0, 0.05) is 25.1 Å². The van der Waals surface area contributed by atoms with Crippen LogP contribution in [0.3, 0.4) is 0 Å². The van der Waals surface area contributed by atoms with Gasteiger partial charge in [-0.2, -0.15) is 5.26 Å². The Balaban J connectivity index is 2.69. The fourth-order valence-corrected chi connectivity index (χ4v) is 1.50. The number of amides is 1. The van der Waals surface area contributed by atoms with Crippen molar-refractivity contribution in [1.29, 1.82) is 5.26 Å². The van der Waals surface area contributed by atoms with Crippen molar-refractivity contribution >= 4 is 5.91 Å². The Morgan fingerprint density at radius 1 is 1.47 bits per heavy atom. The molecule has 0 heterocycles. The summed E-state index contributed by atoms with van der Waals surface area (Å²) in [6.45, 7) is 2.68. The normalized spacial score (nSPS) is 13.5. The molecule has 2 N–H and O–H groups in total. The lowest BCUT2D eigenvalue weighted by atomic mass is 10.1. The first-order chi connectivity index (χ1) is 8.08. The lowest BCUT2D eigenvalue weighted by Gasteiger charge is -2.16. The van der Waals surface area contributed by atoms with E-state index in [1.165, 1.54) is 0 Å². The molecule has 17 heavy (non-hydrogen) atoms. The molecule has 0 spiro atoms. The van der Waals surface area contributed by atoms with Gasteiger partial charge in [0.05, 0.1) is 7.05 Å². The molecule has 2 atom stereocenters. The highest BCUT2D eigenvalue weighted by atomic mass is 16.1. The molecule has 0 aliphatic rings. The quantitative estimate of drug-likeness (QED) is 0.766. The highest BCUT2D eigenvalue weighted by Crippen LogP contribution is 2.03. The Morgan fingerprint density at radius 2 is 2.06 bits per heavy atom. The molecule has 0 radical (unpaired) electrons. The number of benzene rings is 1. The van der Waals surface area contributed by atoms with Crippen LogP contribution in [0, 0.1) is 11.3 Å². The third kappa shape index (κ3) is 3.58. The first-order valence-electron chi connectivity index (χ1n) is 5.61. The van der Waals surface area contributed by atoms with Crippen molar-refractivity contribution in [3.63, 3.8) is 0 Å². The molecular formula is C13H18N3O+. The first kappa shape index (κ1) is 13.2. The van der Waals surface area contributed by atoms with E-state index in [1.807, 2.05) is 26.1 Å². The zero-order valence-corrected chi connectivity index (χ0v) is 10.4. The van der Waals surface area contributed by atoms with Gasteiger partial charge in [0.15, 0.2) is 6.04 Å². The standard InChI is InChI=1S/C13H17N3O/c1-10(8-14)16(3)9-11-4-6-12(7-5-11)13(17)15-2/h4-7,10H,9H2,1-3H3,(H,15,17)/p+1/t10-/m1/s1. The zero-order chi connectivity index (χ0) is 12.8. The van der Waals surface area contributed by atoms with Crippen molar-refractivity contribution in [3.05, 3.63) is 35.4 Å². The molecule has 0 aromatic heterocycles. The third-order valence-electron chi connectivity index (χ3n) is 2.86. The van der Waals surface area contributed by atoms with Gasteiger partial charge in [-0.1, -0.05) is 12.1 Å². The van der Waals surface area contributed by atoms with Crippen molar-refractivity contribution in [3.8, 4) is 6.07 Å². The molecule has 90 valence electrons. The van der Waals surface area contributed by atoms with Gasteiger partial charge in [-0.3, -0.25) is 4.79 Å². The lowest BCUT2D eigenvalue weighted by molar-refractivity contribution is -0.909. The highest BCUT2D eigenvalue weighted by molar-refractivity contribution is 5.93. The Morgan fingerprint density at radius 3 is 2.53 bits per heavy atom. The maximum absolute atomic E-state index is 11.3. The molecule has 0 fully saturated rings. The minimum absolute atomic E-state index is 0.0337. The van der Waals surface area contributed by atoms with E-state index >= 15 is 0 Å². The van der Waals surface area contributed by atoms with E-state index in [1.54, 1.807) is 19.2 Å². The number of hydrogen-bond acceptors (Lipinski definition) is 2. The Labute approximate surface area is 102 Å². The Bertz CT molecular complexity index is 419. The molecule has 0 bridgehead atoms. The van der Waals surface area contributed by atoms with Gasteiger partial charge in [-0.05, 0) is 12.1 Å². The monoisotopic (exact) mass is 232 g/mol. The topological polar surface area (TPSA) is 57.3 Å². The fraction of sp³-hybridized carbons (Fsp3) is 0.385. The Hall–Kier alpha value is -1.86. The predicted octanol–water partition coefficient (Wildman–Crippen LogP) is -0.0270. The molecule has 1 aromatic rings. The van der Waals surface area contributed by atoms with Crippen LogP contribution < -0.4 is 10.2 Å². The van der Waals surface area contributed by atoms with Crippen LogP contribution in [0.4, 0.5) is 0 Å². The largest absolute Gasteiger partial charge is 0.355 e. The molecule has 0 saturated heterocycles. The van der Waals surface area contributed by atoms with Gasteiger partial charge >= 0.3 is 0 Å². The van der Waals surface area contributed by atoms with Crippen LogP contribution >= 0.6 is 0 Å². The molecule has 1 rings (SSSR count). The van der Waals surface area contributed by atoms with Crippen LogP contribution in [0.15, 0.2) is 24.3 Å². The van der Waals surface area contributed by atoms with Crippen LogP contribution in [0.1, 0.15) is 22.8 Å². The summed E-state index contributed by atoms with van der Waals surface area (Å²) in [5, 5.41) is 11.4. The average Bonchev–Trinajstić information content (AvgIpc) is 2.37. The van der Waals surface area contributed by atoms with E-state index in [9.17, 15) is 4.79 Å². The lowest BCUT2D eigenvalue weighted by Crippen LogP contribution is -3.11. The summed E-state index contributed by atoms with van der Waals surface area (Å²) < 4.78 is 0. The molecule has 0 aliphatic carbocycles. The van der Waals surface area contributed by atoms with E-state index in [2.05, 4.69) is 11.4 Å². The molecule has 4 nitrogen and oxygen atoms in total. The molecule has 1 unspecified atom stereocenters. The smallest absolute Gasteiger partial charge is 0.251 e. The van der Waals surface area contributed by atoms with Crippen LogP contribution in [-0.2, 0) is 6.54 Å². The highest BCUT2D eigenvalue weighted by Gasteiger charge is 2.12.